The third-order valence-corrected chi connectivity index (χ3v) is 3.48. The molecule has 0 unspecified atom stereocenters. The summed E-state index contributed by atoms with van der Waals surface area (Å²) in [7, 11) is 0. The molecule has 0 aliphatic carbocycles. The summed E-state index contributed by atoms with van der Waals surface area (Å²) in [6.07, 6.45) is 1.79. The topological polar surface area (TPSA) is 38.7 Å². The van der Waals surface area contributed by atoms with E-state index in [1.807, 2.05) is 45.0 Å². The summed E-state index contributed by atoms with van der Waals surface area (Å²) in [5, 5.41) is 0.957. The number of carbonyl (C=O) groups excluding carboxylic acids is 1. The molecule has 0 N–H and O–H groups in total. The van der Waals surface area contributed by atoms with E-state index in [1.54, 1.807) is 17.6 Å². The molecule has 0 radical (unpaired) electrons. The van der Waals surface area contributed by atoms with Gasteiger partial charge in [0.15, 0.2) is 5.75 Å². The lowest BCUT2D eigenvalue weighted by molar-refractivity contribution is -0.131. The SMILES string of the molecule is CC(=O)Oc1c(C=NC(C)(C)C)sc2ccccc12. The Morgan fingerprint density at radius 2 is 2.00 bits per heavy atom. The standard InChI is InChI=1S/C15H17NO2S/c1-10(17)18-14-11-7-5-6-8-12(11)19-13(14)9-16-15(2,3)4/h5-9H,1-4H3. The average Bonchev–Trinajstić information content (AvgIpc) is 2.64. The molecule has 100 valence electrons. The largest absolute Gasteiger partial charge is 0.424 e. The zero-order chi connectivity index (χ0) is 14.0. The highest BCUT2D eigenvalue weighted by Crippen LogP contribution is 2.37. The van der Waals surface area contributed by atoms with Crippen LogP contribution in [0.1, 0.15) is 32.6 Å². The second-order valence-corrected chi connectivity index (χ2v) is 6.40. The second kappa shape index (κ2) is 5.13. The Labute approximate surface area is 116 Å². The fourth-order valence-electron chi connectivity index (χ4n) is 1.63. The van der Waals surface area contributed by atoms with Gasteiger partial charge in [0.05, 0.1) is 10.4 Å². The summed E-state index contributed by atoms with van der Waals surface area (Å²) in [6, 6.07) is 7.88. The van der Waals surface area contributed by atoms with Crippen LogP contribution in [0.15, 0.2) is 29.3 Å². The molecule has 0 bridgehead atoms. The maximum absolute atomic E-state index is 11.2. The summed E-state index contributed by atoms with van der Waals surface area (Å²) in [6.45, 7) is 7.50. The quantitative estimate of drug-likeness (QED) is 0.612. The zero-order valence-electron chi connectivity index (χ0n) is 11.6. The number of carbonyl (C=O) groups is 1. The van der Waals surface area contributed by atoms with Crippen LogP contribution in [0.3, 0.4) is 0 Å². The van der Waals surface area contributed by atoms with Crippen molar-refractivity contribution in [1.29, 1.82) is 0 Å². The minimum Gasteiger partial charge on any atom is -0.424 e. The van der Waals surface area contributed by atoms with Gasteiger partial charge in [-0.1, -0.05) is 12.1 Å². The first-order valence-corrected chi connectivity index (χ1v) is 6.93. The molecule has 0 fully saturated rings. The molecule has 0 aliphatic rings. The molecule has 2 rings (SSSR count). The summed E-state index contributed by atoms with van der Waals surface area (Å²) in [5.41, 5.74) is -0.149. The lowest BCUT2D eigenvalue weighted by atomic mass is 10.1. The number of benzene rings is 1. The highest BCUT2D eigenvalue weighted by molar-refractivity contribution is 7.21. The lowest BCUT2D eigenvalue weighted by Crippen LogP contribution is -2.09. The van der Waals surface area contributed by atoms with Crippen LogP contribution < -0.4 is 4.74 Å². The van der Waals surface area contributed by atoms with Gasteiger partial charge in [0.2, 0.25) is 0 Å². The molecule has 19 heavy (non-hydrogen) atoms. The van der Waals surface area contributed by atoms with Crippen molar-refractivity contribution in [2.75, 3.05) is 0 Å². The fourth-order valence-corrected chi connectivity index (χ4v) is 2.63. The first-order valence-electron chi connectivity index (χ1n) is 6.12. The van der Waals surface area contributed by atoms with Crippen LogP contribution in [0.4, 0.5) is 0 Å². The van der Waals surface area contributed by atoms with E-state index in [9.17, 15) is 4.79 Å². The van der Waals surface area contributed by atoms with Crippen LogP contribution in [0.5, 0.6) is 5.75 Å². The number of nitrogens with zero attached hydrogens (tertiary/aromatic N) is 1. The Morgan fingerprint density at radius 1 is 1.32 bits per heavy atom. The molecule has 1 heterocycles. The Kier molecular flexibility index (Phi) is 3.71. The Bertz CT molecular complexity index is 635. The van der Waals surface area contributed by atoms with E-state index < -0.39 is 0 Å². The van der Waals surface area contributed by atoms with Crippen molar-refractivity contribution in [3.63, 3.8) is 0 Å². The number of hydrogen-bond acceptors (Lipinski definition) is 4. The summed E-state index contributed by atoms with van der Waals surface area (Å²) in [5.74, 6) is 0.301. The van der Waals surface area contributed by atoms with Gasteiger partial charge in [-0.2, -0.15) is 0 Å². The van der Waals surface area contributed by atoms with Crippen LogP contribution >= 0.6 is 11.3 Å². The smallest absolute Gasteiger partial charge is 0.308 e. The molecule has 4 heteroatoms. The van der Waals surface area contributed by atoms with Crippen LogP contribution in [-0.4, -0.2) is 17.7 Å². The average molecular weight is 275 g/mol. The number of thiophene rings is 1. The second-order valence-electron chi connectivity index (χ2n) is 5.31. The van der Waals surface area contributed by atoms with Gasteiger partial charge in [0, 0.05) is 23.2 Å². The van der Waals surface area contributed by atoms with Gasteiger partial charge in [-0.05, 0) is 32.9 Å². The molecular formula is C15H17NO2S. The molecule has 0 spiro atoms. The molecule has 2 aromatic rings. The normalized spacial score (nSPS) is 12.2. The van der Waals surface area contributed by atoms with Crippen LogP contribution in [0.2, 0.25) is 0 Å². The van der Waals surface area contributed by atoms with Gasteiger partial charge in [0.25, 0.3) is 0 Å². The first kappa shape index (κ1) is 13.7. The van der Waals surface area contributed by atoms with Crippen molar-refractivity contribution in [1.82, 2.24) is 0 Å². The predicted molar refractivity (Wildman–Crippen MR) is 80.5 cm³/mol. The summed E-state index contributed by atoms with van der Waals surface area (Å²) >= 11 is 1.58. The zero-order valence-corrected chi connectivity index (χ0v) is 12.4. The first-order chi connectivity index (χ1) is 8.87. The van der Waals surface area contributed by atoms with Crippen molar-refractivity contribution in [2.45, 2.75) is 33.2 Å². The lowest BCUT2D eigenvalue weighted by Gasteiger charge is -2.10. The maximum atomic E-state index is 11.2. The van der Waals surface area contributed by atoms with Crippen LogP contribution in [-0.2, 0) is 4.79 Å². The number of ether oxygens (including phenoxy) is 1. The Morgan fingerprint density at radius 3 is 2.63 bits per heavy atom. The fraction of sp³-hybridized carbons (Fsp3) is 0.333. The van der Waals surface area contributed by atoms with Crippen LogP contribution in [0, 0.1) is 0 Å². The van der Waals surface area contributed by atoms with E-state index >= 15 is 0 Å². The predicted octanol–water partition coefficient (Wildman–Crippen LogP) is 4.04. The molecular weight excluding hydrogens is 258 g/mol. The number of aliphatic imine (C=N–C) groups is 1. The molecule has 1 aromatic heterocycles. The molecule has 1 aromatic carbocycles. The van der Waals surface area contributed by atoms with Crippen LogP contribution in [0.25, 0.3) is 10.1 Å². The number of rotatable bonds is 2. The van der Waals surface area contributed by atoms with Gasteiger partial charge < -0.3 is 4.74 Å². The third-order valence-electron chi connectivity index (χ3n) is 2.39. The van der Waals surface area contributed by atoms with E-state index in [1.165, 1.54) is 6.92 Å². The maximum Gasteiger partial charge on any atom is 0.308 e. The van der Waals surface area contributed by atoms with Crippen molar-refractivity contribution in [3.8, 4) is 5.75 Å². The van der Waals surface area contributed by atoms with E-state index in [2.05, 4.69) is 4.99 Å². The third kappa shape index (κ3) is 3.41. The van der Waals surface area contributed by atoms with E-state index in [0.717, 1.165) is 15.0 Å². The molecule has 0 amide bonds. The number of esters is 1. The summed E-state index contributed by atoms with van der Waals surface area (Å²) in [4.78, 5) is 16.6. The van der Waals surface area contributed by atoms with Crippen molar-refractivity contribution in [3.05, 3.63) is 29.1 Å². The minimum atomic E-state index is -0.311. The van der Waals surface area contributed by atoms with E-state index in [-0.39, 0.29) is 11.5 Å². The molecule has 0 atom stereocenters. The van der Waals surface area contributed by atoms with E-state index in [0.29, 0.717) is 5.75 Å². The highest BCUT2D eigenvalue weighted by atomic mass is 32.1. The number of fused-ring (bicyclic) bond motifs is 1. The van der Waals surface area contributed by atoms with Gasteiger partial charge in [-0.25, -0.2) is 0 Å². The monoisotopic (exact) mass is 275 g/mol. The van der Waals surface area contributed by atoms with Gasteiger partial charge >= 0.3 is 5.97 Å². The molecule has 0 saturated carbocycles. The molecule has 3 nitrogen and oxygen atoms in total. The minimum absolute atomic E-state index is 0.149. The van der Waals surface area contributed by atoms with Gasteiger partial charge in [-0.15, -0.1) is 11.3 Å². The number of hydrogen-bond donors (Lipinski definition) is 0. The Balaban J connectivity index is 2.52. The molecule has 0 saturated heterocycles. The van der Waals surface area contributed by atoms with Crippen molar-refractivity contribution >= 4 is 33.6 Å². The summed E-state index contributed by atoms with van der Waals surface area (Å²) < 4.78 is 6.44. The van der Waals surface area contributed by atoms with Crippen molar-refractivity contribution < 1.29 is 9.53 Å². The van der Waals surface area contributed by atoms with Crippen molar-refractivity contribution in [2.24, 2.45) is 4.99 Å². The van der Waals surface area contributed by atoms with E-state index in [4.69, 9.17) is 4.74 Å². The highest BCUT2D eigenvalue weighted by Gasteiger charge is 2.14. The Hall–Kier alpha value is -1.68. The van der Waals surface area contributed by atoms with Gasteiger partial charge in [0.1, 0.15) is 0 Å². The molecule has 0 aliphatic heterocycles. The van der Waals surface area contributed by atoms with Gasteiger partial charge in [-0.3, -0.25) is 9.79 Å².